The minimum absolute atomic E-state index is 0.0887. The highest BCUT2D eigenvalue weighted by atomic mass is 16.5. The number of benzene rings is 1. The van der Waals surface area contributed by atoms with Crippen molar-refractivity contribution in [1.29, 1.82) is 5.26 Å². The fraction of sp³-hybridized carbons (Fsp3) is 0.222. The van der Waals surface area contributed by atoms with Crippen LogP contribution in [0.2, 0.25) is 0 Å². The van der Waals surface area contributed by atoms with Crippen molar-refractivity contribution in [2.45, 2.75) is 0 Å². The highest BCUT2D eigenvalue weighted by Crippen LogP contribution is 2.31. The summed E-state index contributed by atoms with van der Waals surface area (Å²) in [6, 6.07) is 4.97. The number of hydrogen-bond acceptors (Lipinski definition) is 3. The normalized spacial score (nSPS) is 9.00. The predicted octanol–water partition coefficient (Wildman–Crippen LogP) is 1.49. The van der Waals surface area contributed by atoms with E-state index < -0.39 is 0 Å². The molecular weight excluding hydrogens is 168 g/mol. The molecule has 1 aromatic carbocycles. The van der Waals surface area contributed by atoms with Gasteiger partial charge >= 0.3 is 0 Å². The molecule has 67 valence electrons. The second-order valence-corrected chi connectivity index (χ2v) is 2.36. The van der Waals surface area contributed by atoms with Gasteiger partial charge in [0, 0.05) is 12.1 Å². The molecule has 0 saturated carbocycles. The molecule has 0 bridgehead atoms. The highest BCUT2D eigenvalue weighted by molar-refractivity contribution is 5.63. The third-order valence-electron chi connectivity index (χ3n) is 1.65. The van der Waals surface area contributed by atoms with E-state index in [1.165, 1.54) is 20.3 Å². The summed E-state index contributed by atoms with van der Waals surface area (Å²) < 4.78 is 9.85. The Morgan fingerprint density at radius 2 is 2.00 bits per heavy atom. The van der Waals surface area contributed by atoms with Crippen LogP contribution in [-0.2, 0) is 0 Å². The number of methoxy groups -OCH3 is 2. The molecule has 4 nitrogen and oxygen atoms in total. The molecule has 1 N–H and O–H groups in total. The SMILES string of the molecule is COc1cc(C#N)c([NH])c(OC)c1. The van der Waals surface area contributed by atoms with Crippen molar-refractivity contribution >= 4 is 5.69 Å². The van der Waals surface area contributed by atoms with Crippen molar-refractivity contribution in [2.24, 2.45) is 0 Å². The minimum Gasteiger partial charge on any atom is -0.497 e. The maximum absolute atomic E-state index is 8.68. The van der Waals surface area contributed by atoms with Crippen LogP contribution in [0.5, 0.6) is 11.5 Å². The molecule has 0 aliphatic rings. The molecule has 0 aliphatic heterocycles. The van der Waals surface area contributed by atoms with Crippen molar-refractivity contribution in [3.63, 3.8) is 0 Å². The van der Waals surface area contributed by atoms with Gasteiger partial charge in [0.05, 0.1) is 19.8 Å². The van der Waals surface area contributed by atoms with Crippen LogP contribution in [0.3, 0.4) is 0 Å². The van der Waals surface area contributed by atoms with Gasteiger partial charge in [-0.15, -0.1) is 0 Å². The van der Waals surface area contributed by atoms with Crippen molar-refractivity contribution < 1.29 is 9.47 Å². The van der Waals surface area contributed by atoms with Crippen LogP contribution >= 0.6 is 0 Å². The summed E-state index contributed by atoms with van der Waals surface area (Å²) in [6.07, 6.45) is 0. The third-order valence-corrected chi connectivity index (χ3v) is 1.65. The van der Waals surface area contributed by atoms with E-state index in [1.807, 2.05) is 6.07 Å². The van der Waals surface area contributed by atoms with E-state index in [4.69, 9.17) is 20.5 Å². The van der Waals surface area contributed by atoms with Crippen molar-refractivity contribution in [3.8, 4) is 17.6 Å². The van der Waals surface area contributed by atoms with Gasteiger partial charge in [-0.2, -0.15) is 5.26 Å². The molecule has 0 heterocycles. The summed E-state index contributed by atoms with van der Waals surface area (Å²) in [5.74, 6) is 0.861. The van der Waals surface area contributed by atoms with Gasteiger partial charge < -0.3 is 9.47 Å². The van der Waals surface area contributed by atoms with Crippen LogP contribution in [0, 0.1) is 11.3 Å². The quantitative estimate of drug-likeness (QED) is 0.687. The number of rotatable bonds is 2. The zero-order valence-electron chi connectivity index (χ0n) is 7.42. The number of nitriles is 1. The standard InChI is InChI=1S/C9H9N2O2/c1-12-7-3-6(5-10)9(11)8(4-7)13-2/h3-4,11H,1-2H3. The molecule has 1 aromatic rings. The average Bonchev–Trinajstić information content (AvgIpc) is 2.18. The maximum Gasteiger partial charge on any atom is 0.148 e. The molecule has 1 rings (SSSR count). The van der Waals surface area contributed by atoms with E-state index in [9.17, 15) is 0 Å². The zero-order valence-corrected chi connectivity index (χ0v) is 7.42. The fourth-order valence-corrected chi connectivity index (χ4v) is 0.957. The van der Waals surface area contributed by atoms with Gasteiger partial charge in [-0.05, 0) is 0 Å². The van der Waals surface area contributed by atoms with Gasteiger partial charge in [0.2, 0.25) is 0 Å². The average molecular weight is 177 g/mol. The molecule has 0 aliphatic carbocycles. The molecule has 0 fully saturated rings. The Kier molecular flexibility index (Phi) is 2.60. The largest absolute Gasteiger partial charge is 0.497 e. The van der Waals surface area contributed by atoms with Gasteiger partial charge in [0.25, 0.3) is 0 Å². The number of hydrogen-bond donors (Lipinski definition) is 0. The van der Waals surface area contributed by atoms with E-state index in [0.717, 1.165) is 0 Å². The van der Waals surface area contributed by atoms with Gasteiger partial charge in [0.1, 0.15) is 23.3 Å². The monoisotopic (exact) mass is 177 g/mol. The first-order valence-electron chi connectivity index (χ1n) is 3.60. The molecule has 0 aromatic heterocycles. The van der Waals surface area contributed by atoms with Crippen molar-refractivity contribution in [1.82, 2.24) is 5.73 Å². The number of ether oxygens (including phenoxy) is 2. The molecule has 0 amide bonds. The molecule has 0 saturated heterocycles. The summed E-state index contributed by atoms with van der Waals surface area (Å²) in [7, 11) is 2.95. The van der Waals surface area contributed by atoms with Crippen LogP contribution in [0.1, 0.15) is 5.56 Å². The Morgan fingerprint density at radius 1 is 1.31 bits per heavy atom. The second-order valence-electron chi connectivity index (χ2n) is 2.36. The molecule has 4 heteroatoms. The third kappa shape index (κ3) is 1.64. The van der Waals surface area contributed by atoms with Gasteiger partial charge in [-0.1, -0.05) is 0 Å². The van der Waals surface area contributed by atoms with Crippen LogP contribution in [0.4, 0.5) is 5.69 Å². The summed E-state index contributed by atoms with van der Waals surface area (Å²) in [5.41, 5.74) is 7.85. The molecule has 0 spiro atoms. The first kappa shape index (κ1) is 9.20. The van der Waals surface area contributed by atoms with E-state index in [0.29, 0.717) is 11.5 Å². The lowest BCUT2D eigenvalue weighted by atomic mass is 10.1. The Hall–Kier alpha value is -1.89. The number of nitrogens with zero attached hydrogens (tertiary/aromatic N) is 1. The van der Waals surface area contributed by atoms with Crippen LogP contribution in [0.15, 0.2) is 12.1 Å². The van der Waals surface area contributed by atoms with Crippen molar-refractivity contribution in [2.75, 3.05) is 14.2 Å². The minimum atomic E-state index is 0.0887. The number of nitrogens with one attached hydrogen (secondary N) is 1. The summed E-state index contributed by atoms with van der Waals surface area (Å²) in [4.78, 5) is 0. The van der Waals surface area contributed by atoms with E-state index in [-0.39, 0.29) is 11.3 Å². The zero-order chi connectivity index (χ0) is 9.84. The Bertz CT molecular complexity index is 355. The van der Waals surface area contributed by atoms with Crippen LogP contribution < -0.4 is 15.2 Å². The molecule has 0 atom stereocenters. The first-order chi connectivity index (χ1) is 6.22. The summed E-state index contributed by atoms with van der Waals surface area (Å²) >= 11 is 0. The van der Waals surface area contributed by atoms with Crippen molar-refractivity contribution in [3.05, 3.63) is 17.7 Å². The Balaban J connectivity index is 3.31. The Labute approximate surface area is 76.5 Å². The highest BCUT2D eigenvalue weighted by Gasteiger charge is 2.08. The van der Waals surface area contributed by atoms with Gasteiger partial charge in [-0.3, -0.25) is 5.73 Å². The first-order valence-corrected chi connectivity index (χ1v) is 3.60. The molecule has 13 heavy (non-hydrogen) atoms. The predicted molar refractivity (Wildman–Crippen MR) is 47.0 cm³/mol. The second kappa shape index (κ2) is 3.68. The lowest BCUT2D eigenvalue weighted by molar-refractivity contribution is 0.395. The maximum atomic E-state index is 8.68. The summed E-state index contributed by atoms with van der Waals surface area (Å²) in [6.45, 7) is 0. The van der Waals surface area contributed by atoms with E-state index in [1.54, 1.807) is 6.07 Å². The molecular formula is C9H9N2O2. The van der Waals surface area contributed by atoms with E-state index in [2.05, 4.69) is 0 Å². The van der Waals surface area contributed by atoms with Crippen LogP contribution in [0.25, 0.3) is 0 Å². The van der Waals surface area contributed by atoms with Gasteiger partial charge in [0.15, 0.2) is 0 Å². The van der Waals surface area contributed by atoms with E-state index >= 15 is 0 Å². The lowest BCUT2D eigenvalue weighted by Gasteiger charge is -2.07. The Morgan fingerprint density at radius 3 is 2.46 bits per heavy atom. The fourth-order valence-electron chi connectivity index (χ4n) is 0.957. The summed E-state index contributed by atoms with van der Waals surface area (Å²) in [5, 5.41) is 8.68. The smallest absolute Gasteiger partial charge is 0.148 e. The van der Waals surface area contributed by atoms with Gasteiger partial charge in [-0.25, -0.2) is 0 Å². The van der Waals surface area contributed by atoms with Crippen LogP contribution in [-0.4, -0.2) is 14.2 Å². The molecule has 1 radical (unpaired) electrons. The topological polar surface area (TPSA) is 66.0 Å². The molecule has 0 unspecified atom stereocenters. The lowest BCUT2D eigenvalue weighted by Crippen LogP contribution is -1.91.